The molecule has 2 rings (SSSR count). The molecule has 0 heterocycles. The lowest BCUT2D eigenvalue weighted by Gasteiger charge is -2.44. The van der Waals surface area contributed by atoms with E-state index in [2.05, 4.69) is 63.4 Å². The second-order valence-electron chi connectivity index (χ2n) is 11.8. The maximum Gasteiger partial charge on any atom is 0.290 e. The molecule has 0 aromatic heterocycles. The first-order chi connectivity index (χ1) is 21.7. The number of allylic oxidation sites excluding steroid dienone is 3. The number of carbonyl (C=O) groups is 2. The standard InChI is InChI=1S/C35H56N2O2.2CH2O2/c1-8-12-25-35(7,11-4)37(30(6)38-26-32-22-20-31(16-9-2)21-23-32)28-36-33(24-19-29(5)10-3)27-39-34-17-14-13-15-18-34;2*2-1-3/h9-10,13-15,17-18,31-33,36H,2-3,5-6,8,11-12,16,19-28H2,1,4,7H3;2*1H,(H,2,3). The van der Waals surface area contributed by atoms with E-state index in [4.69, 9.17) is 29.3 Å². The first-order valence-electron chi connectivity index (χ1n) is 16.3. The second kappa shape index (κ2) is 25.8. The third-order valence-corrected chi connectivity index (χ3v) is 8.57. The van der Waals surface area contributed by atoms with Gasteiger partial charge in [0.05, 0.1) is 13.3 Å². The van der Waals surface area contributed by atoms with Crippen LogP contribution in [0.4, 0.5) is 0 Å². The summed E-state index contributed by atoms with van der Waals surface area (Å²) >= 11 is 0. The number of benzene rings is 1. The molecule has 8 nitrogen and oxygen atoms in total. The Kier molecular flexibility index (Phi) is 23.8. The number of ether oxygens (including phenoxy) is 2. The minimum atomic E-state index is -0.250. The van der Waals surface area contributed by atoms with Crippen molar-refractivity contribution >= 4 is 12.9 Å². The molecule has 0 radical (unpaired) electrons. The molecule has 0 amide bonds. The zero-order chi connectivity index (χ0) is 33.9. The van der Waals surface area contributed by atoms with Crippen LogP contribution in [0.2, 0.25) is 0 Å². The fourth-order valence-corrected chi connectivity index (χ4v) is 5.44. The smallest absolute Gasteiger partial charge is 0.290 e. The molecular formula is C37H60N2O6. The van der Waals surface area contributed by atoms with E-state index in [0.29, 0.717) is 19.2 Å². The summed E-state index contributed by atoms with van der Waals surface area (Å²) in [5, 5.41) is 17.6. The van der Waals surface area contributed by atoms with E-state index in [1.807, 2.05) is 36.4 Å². The second-order valence-corrected chi connectivity index (χ2v) is 11.8. The topological polar surface area (TPSA) is 108 Å². The average Bonchev–Trinajstić information content (AvgIpc) is 3.05. The maximum absolute atomic E-state index is 8.36. The molecule has 254 valence electrons. The number of carboxylic acid groups (broad SMARTS) is 2. The van der Waals surface area contributed by atoms with Gasteiger partial charge in [0, 0.05) is 11.6 Å². The van der Waals surface area contributed by atoms with Gasteiger partial charge in [-0.15, -0.1) is 6.58 Å². The fraction of sp³-hybridized carbons (Fsp3) is 0.568. The molecule has 3 N–H and O–H groups in total. The molecule has 1 aliphatic rings. The highest BCUT2D eigenvalue weighted by molar-refractivity contribution is 5.33. The molecule has 0 aliphatic heterocycles. The summed E-state index contributed by atoms with van der Waals surface area (Å²) in [7, 11) is 0. The summed E-state index contributed by atoms with van der Waals surface area (Å²) in [6.07, 6.45) is 16.4. The largest absolute Gasteiger partial charge is 0.492 e. The van der Waals surface area contributed by atoms with Crippen LogP contribution in [0.5, 0.6) is 5.75 Å². The highest BCUT2D eigenvalue weighted by Crippen LogP contribution is 2.33. The van der Waals surface area contributed by atoms with Crippen LogP contribution in [0.15, 0.2) is 80.3 Å². The number of rotatable bonds is 21. The summed E-state index contributed by atoms with van der Waals surface area (Å²) in [6, 6.07) is 10.2. The number of nitrogens with one attached hydrogen (secondary N) is 1. The molecule has 8 heteroatoms. The van der Waals surface area contributed by atoms with Crippen molar-refractivity contribution in [1.82, 2.24) is 10.2 Å². The Morgan fingerprint density at radius 3 is 2.20 bits per heavy atom. The number of hydrogen-bond acceptors (Lipinski definition) is 6. The lowest BCUT2D eigenvalue weighted by Crippen LogP contribution is -2.52. The van der Waals surface area contributed by atoms with Crippen molar-refractivity contribution in [3.8, 4) is 5.75 Å². The highest BCUT2D eigenvalue weighted by atomic mass is 16.5. The van der Waals surface area contributed by atoms with E-state index in [-0.39, 0.29) is 24.5 Å². The van der Waals surface area contributed by atoms with Gasteiger partial charge in [0.2, 0.25) is 0 Å². The number of para-hydroxylation sites is 1. The molecule has 1 saturated carbocycles. The van der Waals surface area contributed by atoms with Crippen LogP contribution in [-0.4, -0.2) is 59.5 Å². The molecule has 1 aliphatic carbocycles. The minimum absolute atomic E-state index is 0.0305. The van der Waals surface area contributed by atoms with Crippen molar-refractivity contribution < 1.29 is 29.3 Å². The normalized spacial score (nSPS) is 17.3. The molecule has 0 saturated heterocycles. The van der Waals surface area contributed by atoms with Gasteiger partial charge < -0.3 is 24.6 Å². The van der Waals surface area contributed by atoms with Crippen LogP contribution in [0.25, 0.3) is 0 Å². The zero-order valence-electron chi connectivity index (χ0n) is 28.1. The highest BCUT2D eigenvalue weighted by Gasteiger charge is 2.32. The van der Waals surface area contributed by atoms with E-state index in [0.717, 1.165) is 61.8 Å². The van der Waals surface area contributed by atoms with Gasteiger partial charge in [-0.05, 0) is 95.3 Å². The Labute approximate surface area is 272 Å². The van der Waals surface area contributed by atoms with Gasteiger partial charge in [-0.1, -0.05) is 75.8 Å². The van der Waals surface area contributed by atoms with Crippen LogP contribution >= 0.6 is 0 Å². The Morgan fingerprint density at radius 2 is 1.67 bits per heavy atom. The van der Waals surface area contributed by atoms with E-state index in [1.165, 1.54) is 38.5 Å². The third kappa shape index (κ3) is 18.1. The lowest BCUT2D eigenvalue weighted by molar-refractivity contribution is -0.123. The number of hydrogen-bond donors (Lipinski definition) is 3. The van der Waals surface area contributed by atoms with Gasteiger partial charge in [-0.25, -0.2) is 0 Å². The Balaban J connectivity index is 0.00000298. The van der Waals surface area contributed by atoms with E-state index < -0.39 is 0 Å². The molecule has 45 heavy (non-hydrogen) atoms. The lowest BCUT2D eigenvalue weighted by atomic mass is 9.81. The number of nitrogens with zero attached hydrogens (tertiary/aromatic N) is 1. The molecule has 1 fully saturated rings. The summed E-state index contributed by atoms with van der Waals surface area (Å²) in [6.45, 7) is 24.8. The van der Waals surface area contributed by atoms with Gasteiger partial charge in [0.15, 0.2) is 5.88 Å². The molecular weight excluding hydrogens is 568 g/mol. The fourth-order valence-electron chi connectivity index (χ4n) is 5.44. The Hall–Kier alpha value is -3.52. The van der Waals surface area contributed by atoms with E-state index in [9.17, 15) is 0 Å². The Bertz CT molecular complexity index is 955. The van der Waals surface area contributed by atoms with Crippen molar-refractivity contribution in [2.24, 2.45) is 11.8 Å². The third-order valence-electron chi connectivity index (χ3n) is 8.57. The first-order valence-corrected chi connectivity index (χ1v) is 16.3. The molecule has 2 atom stereocenters. The van der Waals surface area contributed by atoms with Crippen LogP contribution in [-0.2, 0) is 14.3 Å². The van der Waals surface area contributed by atoms with Crippen molar-refractivity contribution in [3.63, 3.8) is 0 Å². The van der Waals surface area contributed by atoms with Gasteiger partial charge >= 0.3 is 0 Å². The maximum atomic E-state index is 8.36. The Morgan fingerprint density at radius 1 is 1.07 bits per heavy atom. The SMILES string of the molecule is C=CCC1CCC(COC(=C)N(CNC(CCC(=C)C=C)COc2ccccc2)C(C)(CC)CCCC)CC1.O=CO.O=CO. The van der Waals surface area contributed by atoms with Crippen molar-refractivity contribution in [2.75, 3.05) is 19.9 Å². The predicted molar refractivity (Wildman–Crippen MR) is 185 cm³/mol. The summed E-state index contributed by atoms with van der Waals surface area (Å²) in [4.78, 5) is 19.1. The van der Waals surface area contributed by atoms with Gasteiger partial charge in [-0.2, -0.15) is 0 Å². The molecule has 1 aromatic rings. The van der Waals surface area contributed by atoms with Crippen LogP contribution in [0.1, 0.15) is 91.4 Å². The zero-order valence-corrected chi connectivity index (χ0v) is 28.1. The van der Waals surface area contributed by atoms with Gasteiger partial charge in [0.1, 0.15) is 12.4 Å². The first kappa shape index (κ1) is 41.5. The van der Waals surface area contributed by atoms with E-state index >= 15 is 0 Å². The van der Waals surface area contributed by atoms with Gasteiger partial charge in [-0.3, -0.25) is 14.9 Å². The predicted octanol–water partition coefficient (Wildman–Crippen LogP) is 8.44. The summed E-state index contributed by atoms with van der Waals surface area (Å²) < 4.78 is 12.6. The van der Waals surface area contributed by atoms with Crippen molar-refractivity contribution in [3.05, 3.63) is 80.3 Å². The molecule has 1 aromatic carbocycles. The molecule has 0 bridgehead atoms. The molecule has 0 spiro atoms. The minimum Gasteiger partial charge on any atom is -0.492 e. The van der Waals surface area contributed by atoms with Crippen LogP contribution in [0, 0.1) is 11.8 Å². The van der Waals surface area contributed by atoms with Crippen LogP contribution < -0.4 is 10.1 Å². The van der Waals surface area contributed by atoms with E-state index in [1.54, 1.807) is 0 Å². The molecule has 2 unspecified atom stereocenters. The van der Waals surface area contributed by atoms with Crippen molar-refractivity contribution in [1.29, 1.82) is 0 Å². The summed E-state index contributed by atoms with van der Waals surface area (Å²) in [5.74, 6) is 3.08. The number of unbranched alkanes of at least 4 members (excludes halogenated alkanes) is 1. The van der Waals surface area contributed by atoms with Crippen molar-refractivity contribution in [2.45, 2.75) is 103 Å². The average molecular weight is 629 g/mol. The van der Waals surface area contributed by atoms with Crippen LogP contribution in [0.3, 0.4) is 0 Å². The summed E-state index contributed by atoms with van der Waals surface area (Å²) in [5.41, 5.74) is 1.02. The van der Waals surface area contributed by atoms with Gasteiger partial charge in [0.25, 0.3) is 12.9 Å². The monoisotopic (exact) mass is 628 g/mol. The quantitative estimate of drug-likeness (QED) is 0.0409.